The van der Waals surface area contributed by atoms with Gasteiger partial charge < -0.3 is 15.4 Å². The maximum Gasteiger partial charge on any atom is 0.326 e. The standard InChI is InChI=1S/C16H25N3O2/c1-3-21-15(20)16(17)8-4-14(12-16)19(2)11-7-13-5-9-18-10-6-13/h5-6,9-10,14H,3-4,7-8,11-12,17H2,1-2H3. The van der Waals surface area contributed by atoms with E-state index in [0.717, 1.165) is 19.4 Å². The average Bonchev–Trinajstić information content (AvgIpc) is 2.90. The molecule has 0 amide bonds. The summed E-state index contributed by atoms with van der Waals surface area (Å²) >= 11 is 0. The Morgan fingerprint density at radius 3 is 2.90 bits per heavy atom. The minimum atomic E-state index is -0.800. The maximum absolute atomic E-state index is 11.9. The summed E-state index contributed by atoms with van der Waals surface area (Å²) in [7, 11) is 2.10. The van der Waals surface area contributed by atoms with Crippen LogP contribution in [0.3, 0.4) is 0 Å². The molecule has 1 aromatic rings. The molecule has 2 unspecified atom stereocenters. The number of hydrogen-bond acceptors (Lipinski definition) is 5. The van der Waals surface area contributed by atoms with Crippen LogP contribution in [0.25, 0.3) is 0 Å². The third kappa shape index (κ3) is 4.02. The zero-order chi connectivity index (χ0) is 15.3. The van der Waals surface area contributed by atoms with E-state index in [2.05, 4.69) is 16.9 Å². The fourth-order valence-electron chi connectivity index (χ4n) is 2.92. The Balaban J connectivity index is 1.84. The van der Waals surface area contributed by atoms with Gasteiger partial charge in [0.25, 0.3) is 0 Å². The molecule has 1 aliphatic carbocycles. The number of carbonyl (C=O) groups is 1. The van der Waals surface area contributed by atoms with Crippen molar-refractivity contribution in [3.63, 3.8) is 0 Å². The van der Waals surface area contributed by atoms with Crippen molar-refractivity contribution in [3.8, 4) is 0 Å². The summed E-state index contributed by atoms with van der Waals surface area (Å²) in [6.45, 7) is 3.16. The van der Waals surface area contributed by atoms with Crippen LogP contribution in [0.5, 0.6) is 0 Å². The molecule has 0 spiro atoms. The Bertz CT molecular complexity index is 466. The van der Waals surface area contributed by atoms with Crippen LogP contribution in [0.4, 0.5) is 0 Å². The fraction of sp³-hybridized carbons (Fsp3) is 0.625. The smallest absolute Gasteiger partial charge is 0.326 e. The number of likely N-dealkylation sites (N-methyl/N-ethyl adjacent to an activating group) is 1. The number of hydrogen-bond donors (Lipinski definition) is 1. The predicted octanol–water partition coefficient (Wildman–Crippen LogP) is 1.37. The molecule has 2 N–H and O–H groups in total. The van der Waals surface area contributed by atoms with Crippen LogP contribution in [0.2, 0.25) is 0 Å². The second-order valence-electron chi connectivity index (χ2n) is 5.86. The van der Waals surface area contributed by atoms with Gasteiger partial charge in [-0.1, -0.05) is 0 Å². The second kappa shape index (κ2) is 7.00. The molecule has 0 saturated heterocycles. The van der Waals surface area contributed by atoms with Gasteiger partial charge in [-0.3, -0.25) is 9.78 Å². The maximum atomic E-state index is 11.9. The molecule has 116 valence electrons. The third-order valence-corrected chi connectivity index (χ3v) is 4.33. The van der Waals surface area contributed by atoms with Crippen molar-refractivity contribution >= 4 is 5.97 Å². The summed E-state index contributed by atoms with van der Waals surface area (Å²) in [6.07, 6.45) is 6.94. The van der Waals surface area contributed by atoms with Gasteiger partial charge in [-0.2, -0.15) is 0 Å². The largest absolute Gasteiger partial charge is 0.465 e. The Morgan fingerprint density at radius 2 is 2.24 bits per heavy atom. The van der Waals surface area contributed by atoms with E-state index in [1.165, 1.54) is 5.56 Å². The molecule has 5 nitrogen and oxygen atoms in total. The van der Waals surface area contributed by atoms with E-state index in [4.69, 9.17) is 10.5 Å². The highest BCUT2D eigenvalue weighted by molar-refractivity contribution is 5.81. The molecule has 1 aromatic heterocycles. The first-order chi connectivity index (χ1) is 10.0. The molecule has 0 aromatic carbocycles. The summed E-state index contributed by atoms with van der Waals surface area (Å²) in [5, 5.41) is 0. The lowest BCUT2D eigenvalue weighted by molar-refractivity contribution is -0.149. The lowest BCUT2D eigenvalue weighted by Gasteiger charge is -2.26. The van der Waals surface area contributed by atoms with Gasteiger partial charge in [0.2, 0.25) is 0 Å². The van der Waals surface area contributed by atoms with Crippen molar-refractivity contribution in [1.29, 1.82) is 0 Å². The Kier molecular flexibility index (Phi) is 5.31. The minimum Gasteiger partial charge on any atom is -0.465 e. The van der Waals surface area contributed by atoms with E-state index in [1.54, 1.807) is 0 Å². The van der Waals surface area contributed by atoms with Crippen LogP contribution in [-0.4, -0.2) is 47.6 Å². The van der Waals surface area contributed by atoms with Gasteiger partial charge in [-0.05, 0) is 57.4 Å². The normalized spacial score (nSPS) is 25.2. The molecule has 0 bridgehead atoms. The number of nitrogens with two attached hydrogens (primary N) is 1. The minimum absolute atomic E-state index is 0.255. The lowest BCUT2D eigenvalue weighted by Crippen LogP contribution is -2.48. The van der Waals surface area contributed by atoms with Crippen LogP contribution in [-0.2, 0) is 16.0 Å². The molecule has 21 heavy (non-hydrogen) atoms. The van der Waals surface area contributed by atoms with Crippen molar-refractivity contribution in [3.05, 3.63) is 30.1 Å². The number of carbonyl (C=O) groups excluding carboxylic acids is 1. The van der Waals surface area contributed by atoms with E-state index < -0.39 is 5.54 Å². The Morgan fingerprint density at radius 1 is 1.52 bits per heavy atom. The molecule has 5 heteroatoms. The first kappa shape index (κ1) is 15.9. The Labute approximate surface area is 126 Å². The van der Waals surface area contributed by atoms with Crippen LogP contribution < -0.4 is 5.73 Å². The summed E-state index contributed by atoms with van der Waals surface area (Å²) < 4.78 is 5.10. The number of ether oxygens (including phenoxy) is 1. The molecule has 1 heterocycles. The van der Waals surface area contributed by atoms with E-state index in [9.17, 15) is 4.79 Å². The third-order valence-electron chi connectivity index (χ3n) is 4.33. The zero-order valence-electron chi connectivity index (χ0n) is 12.9. The van der Waals surface area contributed by atoms with Crippen LogP contribution in [0.15, 0.2) is 24.5 Å². The molecule has 1 aliphatic rings. The van der Waals surface area contributed by atoms with Crippen LogP contribution >= 0.6 is 0 Å². The van der Waals surface area contributed by atoms with E-state index in [1.807, 2.05) is 31.5 Å². The quantitative estimate of drug-likeness (QED) is 0.802. The zero-order valence-corrected chi connectivity index (χ0v) is 12.9. The molecular weight excluding hydrogens is 266 g/mol. The van der Waals surface area contributed by atoms with E-state index in [0.29, 0.717) is 25.5 Å². The van der Waals surface area contributed by atoms with E-state index >= 15 is 0 Å². The van der Waals surface area contributed by atoms with E-state index in [-0.39, 0.29) is 5.97 Å². The number of aromatic nitrogens is 1. The average molecular weight is 291 g/mol. The number of esters is 1. The second-order valence-corrected chi connectivity index (χ2v) is 5.86. The van der Waals surface area contributed by atoms with Gasteiger partial charge in [0.05, 0.1) is 6.61 Å². The molecule has 1 fully saturated rings. The summed E-state index contributed by atoms with van der Waals surface area (Å²) in [6, 6.07) is 4.42. The fourth-order valence-corrected chi connectivity index (χ4v) is 2.92. The molecule has 0 radical (unpaired) electrons. The van der Waals surface area contributed by atoms with Gasteiger partial charge in [0.15, 0.2) is 0 Å². The van der Waals surface area contributed by atoms with Crippen molar-refractivity contribution in [2.24, 2.45) is 5.73 Å². The highest BCUT2D eigenvalue weighted by Crippen LogP contribution is 2.31. The molecule has 2 rings (SSSR count). The molecular formula is C16H25N3O2. The lowest BCUT2D eigenvalue weighted by atomic mass is 9.99. The van der Waals surface area contributed by atoms with Crippen molar-refractivity contribution in [2.75, 3.05) is 20.2 Å². The highest BCUT2D eigenvalue weighted by atomic mass is 16.5. The highest BCUT2D eigenvalue weighted by Gasteiger charge is 2.44. The molecule has 2 atom stereocenters. The van der Waals surface area contributed by atoms with Gasteiger partial charge in [0.1, 0.15) is 5.54 Å². The van der Waals surface area contributed by atoms with Gasteiger partial charge in [-0.15, -0.1) is 0 Å². The first-order valence-electron chi connectivity index (χ1n) is 7.60. The predicted molar refractivity (Wildman–Crippen MR) is 81.8 cm³/mol. The number of nitrogens with zero attached hydrogens (tertiary/aromatic N) is 2. The van der Waals surface area contributed by atoms with Crippen molar-refractivity contribution < 1.29 is 9.53 Å². The van der Waals surface area contributed by atoms with Crippen molar-refractivity contribution in [1.82, 2.24) is 9.88 Å². The summed E-state index contributed by atoms with van der Waals surface area (Å²) in [5.41, 5.74) is 6.69. The summed E-state index contributed by atoms with van der Waals surface area (Å²) in [5.74, 6) is -0.255. The SMILES string of the molecule is CCOC(=O)C1(N)CCC(N(C)CCc2ccncc2)C1. The van der Waals surface area contributed by atoms with Gasteiger partial charge >= 0.3 is 5.97 Å². The topological polar surface area (TPSA) is 68.5 Å². The van der Waals surface area contributed by atoms with Crippen LogP contribution in [0.1, 0.15) is 31.7 Å². The molecule has 0 aliphatic heterocycles. The van der Waals surface area contributed by atoms with Gasteiger partial charge in [-0.25, -0.2) is 0 Å². The first-order valence-corrected chi connectivity index (χ1v) is 7.60. The monoisotopic (exact) mass is 291 g/mol. The van der Waals surface area contributed by atoms with Crippen LogP contribution in [0, 0.1) is 0 Å². The van der Waals surface area contributed by atoms with Crippen molar-refractivity contribution in [2.45, 2.75) is 44.2 Å². The molecule has 1 saturated carbocycles. The Hall–Kier alpha value is -1.46. The summed E-state index contributed by atoms with van der Waals surface area (Å²) in [4.78, 5) is 18.3. The van der Waals surface area contributed by atoms with Gasteiger partial charge in [0, 0.05) is 25.0 Å². The number of pyridine rings is 1. The number of rotatable bonds is 6.